The van der Waals surface area contributed by atoms with Gasteiger partial charge in [-0.15, -0.1) is 0 Å². The van der Waals surface area contributed by atoms with Crippen molar-refractivity contribution in [3.63, 3.8) is 0 Å². The Kier molecular flexibility index (Phi) is 5.50. The van der Waals surface area contributed by atoms with E-state index in [4.69, 9.17) is 9.97 Å². The standard InChI is InChI=1S/C50H29BN6/c1-3-14-31(15-4-1)54-39-24-9-7-18-33(39)43-35-20-11-22-37-46(35)56(49(43)54)41-28-30(48-52-26-13-27-53-48)29-42-45(41)51(37)38-23-12-21-36-44-34-19-8-10-25-40(34)55(32-16-5-2-6-17-32)50(44)57(42)47(36)38/h1-29H. The molecule has 6 nitrogen and oxygen atoms in total. The number of fused-ring (bicyclic) bond motifs is 14. The fourth-order valence-electron chi connectivity index (χ4n) is 10.6. The van der Waals surface area contributed by atoms with Gasteiger partial charge in [0.15, 0.2) is 5.82 Å². The predicted octanol–water partition coefficient (Wildman–Crippen LogP) is 9.37. The van der Waals surface area contributed by atoms with E-state index in [1.54, 1.807) is 0 Å². The van der Waals surface area contributed by atoms with Crippen molar-refractivity contribution in [2.75, 3.05) is 0 Å². The van der Waals surface area contributed by atoms with Gasteiger partial charge in [0, 0.05) is 73.0 Å². The van der Waals surface area contributed by atoms with Crippen molar-refractivity contribution in [1.82, 2.24) is 28.2 Å². The minimum atomic E-state index is 0.0130. The smallest absolute Gasteiger partial charge is 0.252 e. The van der Waals surface area contributed by atoms with Gasteiger partial charge < -0.3 is 0 Å². The Morgan fingerprint density at radius 3 is 1.37 bits per heavy atom. The average Bonchev–Trinajstić information content (AvgIpc) is 4.00. The normalized spacial score (nSPS) is 12.9. The zero-order valence-corrected chi connectivity index (χ0v) is 30.5. The molecule has 0 fully saturated rings. The molecule has 0 atom stereocenters. The first-order valence-corrected chi connectivity index (χ1v) is 19.5. The molecule has 0 saturated carbocycles. The van der Waals surface area contributed by atoms with E-state index in [-0.39, 0.29) is 6.71 Å². The quantitative estimate of drug-likeness (QED) is 0.171. The van der Waals surface area contributed by atoms with Gasteiger partial charge in [-0.3, -0.25) is 18.3 Å². The van der Waals surface area contributed by atoms with Gasteiger partial charge in [0.2, 0.25) is 0 Å². The van der Waals surface area contributed by atoms with Crippen LogP contribution in [-0.4, -0.2) is 34.9 Å². The molecule has 7 heterocycles. The Morgan fingerprint density at radius 1 is 0.404 bits per heavy atom. The molecule has 0 radical (unpaired) electrons. The summed E-state index contributed by atoms with van der Waals surface area (Å²) in [7, 11) is 0. The predicted molar refractivity (Wildman–Crippen MR) is 234 cm³/mol. The molecule has 5 aromatic heterocycles. The molecule has 2 aliphatic rings. The van der Waals surface area contributed by atoms with Crippen LogP contribution in [0.3, 0.4) is 0 Å². The van der Waals surface area contributed by atoms with E-state index in [9.17, 15) is 0 Å². The summed E-state index contributed by atoms with van der Waals surface area (Å²) in [6.07, 6.45) is 3.69. The highest BCUT2D eigenvalue weighted by Gasteiger charge is 2.42. The van der Waals surface area contributed by atoms with Crippen molar-refractivity contribution in [1.29, 1.82) is 0 Å². The fraction of sp³-hybridized carbons (Fsp3) is 0. The van der Waals surface area contributed by atoms with Crippen molar-refractivity contribution in [2.24, 2.45) is 0 Å². The number of nitrogens with zero attached hydrogens (tertiary/aromatic N) is 6. The summed E-state index contributed by atoms with van der Waals surface area (Å²) in [5.74, 6) is 0.706. The van der Waals surface area contributed by atoms with Crippen LogP contribution >= 0.6 is 0 Å². The maximum atomic E-state index is 4.86. The molecule has 0 bridgehead atoms. The van der Waals surface area contributed by atoms with Crippen LogP contribution in [-0.2, 0) is 0 Å². The van der Waals surface area contributed by atoms with Gasteiger partial charge in [-0.05, 0) is 71.0 Å². The van der Waals surface area contributed by atoms with Crippen molar-refractivity contribution >= 4 is 88.8 Å². The molecule has 262 valence electrons. The van der Waals surface area contributed by atoms with Crippen LogP contribution in [0.1, 0.15) is 0 Å². The van der Waals surface area contributed by atoms with Crippen molar-refractivity contribution in [3.8, 4) is 34.1 Å². The first kappa shape index (κ1) is 29.7. The summed E-state index contributed by atoms with van der Waals surface area (Å²) in [5.41, 5.74) is 16.7. The van der Waals surface area contributed by atoms with Gasteiger partial charge >= 0.3 is 0 Å². The van der Waals surface area contributed by atoms with E-state index >= 15 is 0 Å². The summed E-state index contributed by atoms with van der Waals surface area (Å²) < 4.78 is 10.0. The third-order valence-electron chi connectivity index (χ3n) is 12.6. The first-order valence-electron chi connectivity index (χ1n) is 19.5. The molecule has 0 saturated heterocycles. The number of hydrogen-bond donors (Lipinski definition) is 0. The molecular formula is C50H29BN6. The molecule has 0 N–H and O–H groups in total. The van der Waals surface area contributed by atoms with E-state index in [0.717, 1.165) is 39.6 Å². The summed E-state index contributed by atoms with van der Waals surface area (Å²) >= 11 is 0. The molecule has 2 aliphatic heterocycles. The number of aromatic nitrogens is 6. The zero-order valence-electron chi connectivity index (χ0n) is 30.5. The van der Waals surface area contributed by atoms with Crippen LogP contribution in [0.4, 0.5) is 0 Å². The molecule has 57 heavy (non-hydrogen) atoms. The minimum Gasteiger partial charge on any atom is -0.296 e. The SMILES string of the molecule is c1ccc(-n2c3ccccc3c3c4cccc5c4n(c32)-c2cc(-c3ncccn3)cc3c2B5c2cccc4c5c6ccccc6n(-c6ccccc6)c5n-3c24)cc1. The topological polar surface area (TPSA) is 45.5 Å². The van der Waals surface area contributed by atoms with Gasteiger partial charge in [-0.25, -0.2) is 9.97 Å². The molecule has 0 aliphatic carbocycles. The number of rotatable bonds is 3. The second kappa shape index (κ2) is 10.6. The first-order chi connectivity index (χ1) is 28.3. The van der Waals surface area contributed by atoms with Crippen LogP contribution in [0, 0.1) is 0 Å². The van der Waals surface area contributed by atoms with Gasteiger partial charge in [0.05, 0.1) is 22.1 Å². The molecule has 7 heteroatoms. The molecule has 14 rings (SSSR count). The summed E-state index contributed by atoms with van der Waals surface area (Å²) in [6, 6.07) is 59.9. The van der Waals surface area contributed by atoms with Crippen LogP contribution in [0.5, 0.6) is 0 Å². The molecule has 0 spiro atoms. The van der Waals surface area contributed by atoms with Crippen LogP contribution < -0.4 is 16.4 Å². The third kappa shape index (κ3) is 3.58. The lowest BCUT2D eigenvalue weighted by Gasteiger charge is -2.34. The second-order valence-electron chi connectivity index (χ2n) is 15.4. The maximum Gasteiger partial charge on any atom is 0.252 e. The molecule has 12 aromatic rings. The lowest BCUT2D eigenvalue weighted by atomic mass is 9.34. The zero-order chi connectivity index (χ0) is 36.9. The summed E-state index contributed by atoms with van der Waals surface area (Å²) in [5, 5.41) is 7.56. The number of para-hydroxylation sites is 6. The maximum absolute atomic E-state index is 4.86. The highest BCUT2D eigenvalue weighted by Crippen LogP contribution is 2.46. The van der Waals surface area contributed by atoms with Gasteiger partial charge in [0.1, 0.15) is 11.3 Å². The number of hydrogen-bond acceptors (Lipinski definition) is 2. The third-order valence-corrected chi connectivity index (χ3v) is 12.6. The highest BCUT2D eigenvalue weighted by atomic mass is 15.2. The van der Waals surface area contributed by atoms with E-state index in [0.29, 0.717) is 5.82 Å². The molecular weight excluding hydrogens is 695 g/mol. The van der Waals surface area contributed by atoms with Crippen molar-refractivity contribution in [2.45, 2.75) is 0 Å². The second-order valence-corrected chi connectivity index (χ2v) is 15.4. The van der Waals surface area contributed by atoms with Crippen LogP contribution in [0.2, 0.25) is 0 Å². The van der Waals surface area contributed by atoms with Crippen molar-refractivity contribution < 1.29 is 0 Å². The monoisotopic (exact) mass is 724 g/mol. The minimum absolute atomic E-state index is 0.0130. The summed E-state index contributed by atoms with van der Waals surface area (Å²) in [6.45, 7) is 0.0130. The van der Waals surface area contributed by atoms with Crippen LogP contribution in [0.25, 0.3) is 99.8 Å². The largest absolute Gasteiger partial charge is 0.296 e. The van der Waals surface area contributed by atoms with E-state index in [1.165, 1.54) is 70.8 Å². The Labute approximate surface area is 326 Å². The molecule has 0 amide bonds. The van der Waals surface area contributed by atoms with Gasteiger partial charge in [-0.2, -0.15) is 0 Å². The van der Waals surface area contributed by atoms with Gasteiger partial charge in [0.25, 0.3) is 6.71 Å². The van der Waals surface area contributed by atoms with E-state index in [1.807, 2.05) is 18.5 Å². The van der Waals surface area contributed by atoms with E-state index in [2.05, 4.69) is 176 Å². The Bertz CT molecular complexity index is 3460. The van der Waals surface area contributed by atoms with Crippen LogP contribution in [0.15, 0.2) is 176 Å². The highest BCUT2D eigenvalue weighted by molar-refractivity contribution is 7.00. The molecule has 7 aromatic carbocycles. The van der Waals surface area contributed by atoms with Gasteiger partial charge in [-0.1, -0.05) is 109 Å². The number of benzene rings is 7. The van der Waals surface area contributed by atoms with E-state index < -0.39 is 0 Å². The Hall–Kier alpha value is -7.64. The average molecular weight is 725 g/mol. The Balaban J connectivity index is 1.24. The summed E-state index contributed by atoms with van der Waals surface area (Å²) in [4.78, 5) is 9.71. The van der Waals surface area contributed by atoms with Crippen molar-refractivity contribution in [3.05, 3.63) is 176 Å². The lowest BCUT2D eigenvalue weighted by molar-refractivity contribution is 1.05. The Morgan fingerprint density at radius 2 is 0.860 bits per heavy atom. The lowest BCUT2D eigenvalue weighted by Crippen LogP contribution is -2.59. The fourth-order valence-corrected chi connectivity index (χ4v) is 10.6. The molecule has 0 unspecified atom stereocenters.